The Morgan fingerprint density at radius 1 is 0.560 bits per heavy atom. The molecule has 0 spiro atoms. The van der Waals surface area contributed by atoms with Crippen LogP contribution in [-0.2, 0) is 24.0 Å². The van der Waals surface area contributed by atoms with E-state index in [9.17, 15) is 0 Å². The van der Waals surface area contributed by atoms with Gasteiger partial charge in [-0.15, -0.1) is 0 Å². The lowest BCUT2D eigenvalue weighted by Gasteiger charge is -2.16. The first-order valence-electron chi connectivity index (χ1n) is 8.72. The van der Waals surface area contributed by atoms with Crippen LogP contribution >= 0.6 is 0 Å². The third-order valence-electron chi connectivity index (χ3n) is 4.37. The molecule has 0 fully saturated rings. The van der Waals surface area contributed by atoms with Gasteiger partial charge in [0, 0.05) is 6.42 Å². The normalized spacial score (nSPS) is 10.3. The van der Waals surface area contributed by atoms with Crippen molar-refractivity contribution in [1.82, 2.24) is 0 Å². The molecule has 3 aromatic carbocycles. The van der Waals surface area contributed by atoms with Gasteiger partial charge in [0.15, 0.2) is 0 Å². The number of benzene rings is 3. The first-order chi connectivity index (χ1) is 12.3. The molecule has 0 atom stereocenters. The maximum Gasteiger partial charge on any atom is 0.0997 e. The molecule has 0 saturated heterocycles. The molecule has 3 aromatic rings. The lowest BCUT2D eigenvalue weighted by atomic mass is 9.95. The van der Waals surface area contributed by atoms with E-state index in [1.165, 1.54) is 22.3 Å². The van der Waals surface area contributed by atoms with Gasteiger partial charge in [0.05, 0.1) is 12.9 Å². The highest BCUT2D eigenvalue weighted by atomic mass is 16.5. The summed E-state index contributed by atoms with van der Waals surface area (Å²) in [6, 6.07) is 31.8. The Labute approximate surface area is 150 Å². The molecule has 0 aliphatic carbocycles. The number of allylic oxidation sites excluding steroid dienone is 2. The van der Waals surface area contributed by atoms with Crippen LogP contribution in [0.4, 0.5) is 0 Å². The molecule has 1 heteroatoms. The fourth-order valence-electron chi connectivity index (χ4n) is 3.07. The molecule has 1 nitrogen and oxygen atoms in total. The van der Waals surface area contributed by atoms with Crippen molar-refractivity contribution in [2.24, 2.45) is 0 Å². The summed E-state index contributed by atoms with van der Waals surface area (Å²) in [5.74, 6) is 1.07. The fourth-order valence-corrected chi connectivity index (χ4v) is 3.07. The molecule has 126 valence electrons. The van der Waals surface area contributed by atoms with E-state index in [0.29, 0.717) is 0 Å². The van der Waals surface area contributed by atoms with Crippen LogP contribution in [0.1, 0.15) is 16.7 Å². The molecule has 0 aliphatic heterocycles. The minimum absolute atomic E-state index is 0.826. The SMILES string of the molecule is COC(Cc1ccccc1)=C(Cc1ccccc1)Cc1ccccc1. The number of hydrogen-bond acceptors (Lipinski definition) is 1. The van der Waals surface area contributed by atoms with Crippen molar-refractivity contribution in [3.05, 3.63) is 119 Å². The van der Waals surface area contributed by atoms with E-state index in [1.807, 2.05) is 0 Å². The third kappa shape index (κ3) is 5.09. The van der Waals surface area contributed by atoms with Crippen LogP contribution in [-0.4, -0.2) is 7.11 Å². The van der Waals surface area contributed by atoms with Gasteiger partial charge in [-0.1, -0.05) is 91.0 Å². The van der Waals surface area contributed by atoms with Gasteiger partial charge in [-0.3, -0.25) is 0 Å². The average molecular weight is 328 g/mol. The van der Waals surface area contributed by atoms with E-state index in [1.54, 1.807) is 7.11 Å². The molecular formula is C24H24O. The standard InChI is InChI=1S/C24H24O/c1-25-24(19-22-15-9-4-10-16-22)23(17-20-11-5-2-6-12-20)18-21-13-7-3-8-14-21/h2-16H,17-19H2,1H3. The van der Waals surface area contributed by atoms with Gasteiger partial charge in [0.1, 0.15) is 0 Å². The van der Waals surface area contributed by atoms with Crippen LogP contribution in [0, 0.1) is 0 Å². The molecule has 0 saturated carbocycles. The maximum atomic E-state index is 5.84. The Morgan fingerprint density at radius 3 is 1.28 bits per heavy atom. The largest absolute Gasteiger partial charge is 0.501 e. The van der Waals surface area contributed by atoms with Crippen LogP contribution in [0.15, 0.2) is 102 Å². The molecule has 0 unspecified atom stereocenters. The average Bonchev–Trinajstić information content (AvgIpc) is 2.68. The fraction of sp³-hybridized carbons (Fsp3) is 0.167. The zero-order valence-corrected chi connectivity index (χ0v) is 14.7. The summed E-state index contributed by atoms with van der Waals surface area (Å²) in [4.78, 5) is 0. The predicted molar refractivity (Wildman–Crippen MR) is 104 cm³/mol. The van der Waals surface area contributed by atoms with Gasteiger partial charge in [0.25, 0.3) is 0 Å². The van der Waals surface area contributed by atoms with Crippen LogP contribution in [0.25, 0.3) is 0 Å². The quantitative estimate of drug-likeness (QED) is 0.512. The van der Waals surface area contributed by atoms with E-state index in [4.69, 9.17) is 4.74 Å². The van der Waals surface area contributed by atoms with Crippen LogP contribution in [0.3, 0.4) is 0 Å². The van der Waals surface area contributed by atoms with Crippen molar-refractivity contribution in [3.8, 4) is 0 Å². The maximum absolute atomic E-state index is 5.84. The highest BCUT2D eigenvalue weighted by molar-refractivity contribution is 5.31. The highest BCUT2D eigenvalue weighted by Crippen LogP contribution is 2.21. The van der Waals surface area contributed by atoms with E-state index in [2.05, 4.69) is 91.0 Å². The van der Waals surface area contributed by atoms with Crippen molar-refractivity contribution in [2.75, 3.05) is 7.11 Å². The van der Waals surface area contributed by atoms with Crippen LogP contribution in [0.2, 0.25) is 0 Å². The second kappa shape index (κ2) is 8.89. The molecule has 0 bridgehead atoms. The monoisotopic (exact) mass is 328 g/mol. The van der Waals surface area contributed by atoms with E-state index < -0.39 is 0 Å². The minimum atomic E-state index is 0.826. The summed E-state index contributed by atoms with van der Waals surface area (Å²) in [5, 5.41) is 0. The second-order valence-electron chi connectivity index (χ2n) is 6.22. The summed E-state index contributed by atoms with van der Waals surface area (Å²) >= 11 is 0. The van der Waals surface area contributed by atoms with E-state index >= 15 is 0 Å². The number of rotatable bonds is 7. The van der Waals surface area contributed by atoms with Gasteiger partial charge in [-0.25, -0.2) is 0 Å². The number of ether oxygens (including phenoxy) is 1. The second-order valence-corrected chi connectivity index (χ2v) is 6.22. The summed E-state index contributed by atoms with van der Waals surface area (Å²) < 4.78 is 5.84. The van der Waals surface area contributed by atoms with Crippen molar-refractivity contribution in [2.45, 2.75) is 19.3 Å². The summed E-state index contributed by atoms with van der Waals surface area (Å²) in [7, 11) is 1.79. The van der Waals surface area contributed by atoms with Gasteiger partial charge >= 0.3 is 0 Å². The van der Waals surface area contributed by atoms with Gasteiger partial charge in [-0.2, -0.15) is 0 Å². The number of hydrogen-bond donors (Lipinski definition) is 0. The molecule has 0 aliphatic rings. The van der Waals surface area contributed by atoms with Crippen LogP contribution in [0.5, 0.6) is 0 Å². The topological polar surface area (TPSA) is 9.23 Å². The predicted octanol–water partition coefficient (Wildman–Crippen LogP) is 5.62. The first-order valence-corrected chi connectivity index (χ1v) is 8.72. The summed E-state index contributed by atoms with van der Waals surface area (Å²) in [5.41, 5.74) is 5.24. The zero-order chi connectivity index (χ0) is 17.3. The molecular weight excluding hydrogens is 304 g/mol. The smallest absolute Gasteiger partial charge is 0.0997 e. The molecule has 3 rings (SSSR count). The Bertz CT molecular complexity index is 746. The lowest BCUT2D eigenvalue weighted by Crippen LogP contribution is -2.05. The van der Waals surface area contributed by atoms with E-state index in [0.717, 1.165) is 25.0 Å². The molecule has 0 radical (unpaired) electrons. The molecule has 25 heavy (non-hydrogen) atoms. The first kappa shape index (κ1) is 17.0. The molecule has 0 N–H and O–H groups in total. The molecule has 0 amide bonds. The van der Waals surface area contributed by atoms with Gasteiger partial charge < -0.3 is 4.74 Å². The summed E-state index contributed by atoms with van der Waals surface area (Å²) in [6.45, 7) is 0. The lowest BCUT2D eigenvalue weighted by molar-refractivity contribution is 0.276. The highest BCUT2D eigenvalue weighted by Gasteiger charge is 2.11. The minimum Gasteiger partial charge on any atom is -0.501 e. The third-order valence-corrected chi connectivity index (χ3v) is 4.37. The van der Waals surface area contributed by atoms with Crippen LogP contribution < -0.4 is 0 Å². The Hall–Kier alpha value is -2.80. The number of methoxy groups -OCH3 is 1. The van der Waals surface area contributed by atoms with Crippen molar-refractivity contribution < 1.29 is 4.74 Å². The van der Waals surface area contributed by atoms with Gasteiger partial charge in [0.2, 0.25) is 0 Å². The zero-order valence-electron chi connectivity index (χ0n) is 14.7. The van der Waals surface area contributed by atoms with Crippen molar-refractivity contribution in [3.63, 3.8) is 0 Å². The Balaban J connectivity index is 1.91. The molecule has 0 heterocycles. The van der Waals surface area contributed by atoms with Crippen molar-refractivity contribution >= 4 is 0 Å². The van der Waals surface area contributed by atoms with Gasteiger partial charge in [-0.05, 0) is 35.1 Å². The Kier molecular flexibility index (Phi) is 6.06. The van der Waals surface area contributed by atoms with E-state index in [-0.39, 0.29) is 0 Å². The summed E-state index contributed by atoms with van der Waals surface area (Å²) in [6.07, 6.45) is 2.64. The van der Waals surface area contributed by atoms with Crippen molar-refractivity contribution in [1.29, 1.82) is 0 Å². The molecule has 0 aromatic heterocycles. The Morgan fingerprint density at radius 2 is 0.920 bits per heavy atom.